The Labute approximate surface area is 115 Å². The van der Waals surface area contributed by atoms with E-state index in [1.807, 2.05) is 0 Å². The summed E-state index contributed by atoms with van der Waals surface area (Å²) >= 11 is 0. The number of hydrogen-bond donors (Lipinski definition) is 1. The van der Waals surface area contributed by atoms with E-state index in [1.54, 1.807) is 0 Å². The highest BCUT2D eigenvalue weighted by Gasteiger charge is 2.33. The molecule has 0 aromatic rings. The molecule has 0 bridgehead atoms. The SMILES string of the molecule is CCCN(CCN(C)C)C(C(N)CC)C(C)(C)C. The summed E-state index contributed by atoms with van der Waals surface area (Å²) in [5.41, 5.74) is 6.62. The summed E-state index contributed by atoms with van der Waals surface area (Å²) in [5.74, 6) is 0. The quantitative estimate of drug-likeness (QED) is 0.725. The average molecular weight is 257 g/mol. The second-order valence-corrected chi connectivity index (χ2v) is 6.72. The molecule has 2 unspecified atom stereocenters. The van der Waals surface area contributed by atoms with Crippen LogP contribution in [0.1, 0.15) is 47.5 Å². The first-order chi connectivity index (χ1) is 8.23. The predicted octanol–water partition coefficient (Wildman–Crippen LogP) is 2.41. The molecular formula is C15H35N3. The minimum atomic E-state index is 0.233. The zero-order chi connectivity index (χ0) is 14.3. The van der Waals surface area contributed by atoms with Gasteiger partial charge in [-0.2, -0.15) is 0 Å². The van der Waals surface area contributed by atoms with Crippen LogP contribution in [-0.2, 0) is 0 Å². The van der Waals surface area contributed by atoms with Gasteiger partial charge in [0, 0.05) is 25.2 Å². The zero-order valence-corrected chi connectivity index (χ0v) is 13.7. The number of nitrogens with two attached hydrogens (primary N) is 1. The maximum atomic E-state index is 6.39. The first kappa shape index (κ1) is 17.9. The molecule has 110 valence electrons. The minimum absolute atomic E-state index is 0.233. The van der Waals surface area contributed by atoms with Gasteiger partial charge in [-0.15, -0.1) is 0 Å². The lowest BCUT2D eigenvalue weighted by molar-refractivity contribution is 0.0702. The molecule has 0 aliphatic rings. The first-order valence-corrected chi connectivity index (χ1v) is 7.38. The van der Waals surface area contributed by atoms with Gasteiger partial charge in [-0.05, 0) is 38.9 Å². The van der Waals surface area contributed by atoms with Gasteiger partial charge < -0.3 is 10.6 Å². The van der Waals surface area contributed by atoms with E-state index in [-0.39, 0.29) is 11.5 Å². The topological polar surface area (TPSA) is 32.5 Å². The molecule has 0 saturated carbocycles. The Hall–Kier alpha value is -0.120. The fourth-order valence-corrected chi connectivity index (χ4v) is 2.69. The normalized spacial score (nSPS) is 16.3. The van der Waals surface area contributed by atoms with Gasteiger partial charge in [-0.25, -0.2) is 0 Å². The van der Waals surface area contributed by atoms with Crippen LogP contribution in [0.5, 0.6) is 0 Å². The fraction of sp³-hybridized carbons (Fsp3) is 1.00. The van der Waals surface area contributed by atoms with Crippen molar-refractivity contribution in [3.8, 4) is 0 Å². The van der Waals surface area contributed by atoms with Crippen LogP contribution in [0, 0.1) is 5.41 Å². The molecule has 2 N–H and O–H groups in total. The number of hydrogen-bond acceptors (Lipinski definition) is 3. The standard InChI is InChI=1S/C15H35N3/c1-8-10-18(12-11-17(6)7)14(13(16)9-2)15(3,4)5/h13-14H,8-12,16H2,1-7H3. The van der Waals surface area contributed by atoms with Crippen LogP contribution < -0.4 is 5.73 Å². The van der Waals surface area contributed by atoms with E-state index in [0.717, 1.165) is 26.1 Å². The van der Waals surface area contributed by atoms with Gasteiger partial charge in [0.1, 0.15) is 0 Å². The predicted molar refractivity (Wildman–Crippen MR) is 81.9 cm³/mol. The molecule has 3 heteroatoms. The second-order valence-electron chi connectivity index (χ2n) is 6.72. The number of likely N-dealkylation sites (N-methyl/N-ethyl adjacent to an activating group) is 1. The first-order valence-electron chi connectivity index (χ1n) is 7.38. The molecule has 0 fully saturated rings. The van der Waals surface area contributed by atoms with Crippen molar-refractivity contribution in [1.82, 2.24) is 9.80 Å². The van der Waals surface area contributed by atoms with Gasteiger partial charge in [-0.3, -0.25) is 4.90 Å². The van der Waals surface area contributed by atoms with Crippen LogP contribution in [0.4, 0.5) is 0 Å². The van der Waals surface area contributed by atoms with E-state index in [4.69, 9.17) is 5.73 Å². The molecule has 0 radical (unpaired) electrons. The monoisotopic (exact) mass is 257 g/mol. The van der Waals surface area contributed by atoms with Gasteiger partial charge in [0.15, 0.2) is 0 Å². The summed E-state index contributed by atoms with van der Waals surface area (Å²) in [7, 11) is 4.27. The Bertz CT molecular complexity index is 208. The van der Waals surface area contributed by atoms with Crippen LogP contribution in [0.3, 0.4) is 0 Å². The largest absolute Gasteiger partial charge is 0.326 e. The van der Waals surface area contributed by atoms with Crippen molar-refractivity contribution >= 4 is 0 Å². The maximum Gasteiger partial charge on any atom is 0.0296 e. The van der Waals surface area contributed by atoms with Gasteiger partial charge >= 0.3 is 0 Å². The number of nitrogens with zero attached hydrogens (tertiary/aromatic N) is 2. The molecule has 2 atom stereocenters. The van der Waals surface area contributed by atoms with Crippen molar-refractivity contribution in [2.75, 3.05) is 33.7 Å². The van der Waals surface area contributed by atoms with Crippen LogP contribution in [0.25, 0.3) is 0 Å². The molecular weight excluding hydrogens is 222 g/mol. The van der Waals surface area contributed by atoms with Crippen molar-refractivity contribution in [2.45, 2.75) is 59.5 Å². The molecule has 0 amide bonds. The third kappa shape index (κ3) is 6.17. The third-order valence-electron chi connectivity index (χ3n) is 3.50. The Balaban J connectivity index is 4.85. The van der Waals surface area contributed by atoms with E-state index in [9.17, 15) is 0 Å². The Morgan fingerprint density at radius 1 is 1.00 bits per heavy atom. The van der Waals surface area contributed by atoms with Crippen molar-refractivity contribution < 1.29 is 0 Å². The van der Waals surface area contributed by atoms with Gasteiger partial charge in [-0.1, -0.05) is 34.6 Å². The molecule has 0 aliphatic heterocycles. The van der Waals surface area contributed by atoms with E-state index in [2.05, 4.69) is 58.5 Å². The molecule has 0 aromatic carbocycles. The third-order valence-corrected chi connectivity index (χ3v) is 3.50. The molecule has 0 saturated heterocycles. The maximum absolute atomic E-state index is 6.39. The van der Waals surface area contributed by atoms with Crippen LogP contribution in [0.2, 0.25) is 0 Å². The van der Waals surface area contributed by atoms with Crippen molar-refractivity contribution in [2.24, 2.45) is 11.1 Å². The molecule has 0 rings (SSSR count). The van der Waals surface area contributed by atoms with E-state index in [1.165, 1.54) is 6.42 Å². The van der Waals surface area contributed by atoms with Gasteiger partial charge in [0.25, 0.3) is 0 Å². The fourth-order valence-electron chi connectivity index (χ4n) is 2.69. The van der Waals surface area contributed by atoms with Crippen LogP contribution in [-0.4, -0.2) is 55.6 Å². The van der Waals surface area contributed by atoms with E-state index >= 15 is 0 Å². The highest BCUT2D eigenvalue weighted by atomic mass is 15.2. The lowest BCUT2D eigenvalue weighted by Gasteiger charge is -2.44. The Morgan fingerprint density at radius 2 is 1.56 bits per heavy atom. The summed E-state index contributed by atoms with van der Waals surface area (Å²) in [5, 5.41) is 0. The molecule has 3 nitrogen and oxygen atoms in total. The highest BCUT2D eigenvalue weighted by molar-refractivity contribution is 4.90. The lowest BCUT2D eigenvalue weighted by Crippen LogP contribution is -2.56. The summed E-state index contributed by atoms with van der Waals surface area (Å²) < 4.78 is 0. The lowest BCUT2D eigenvalue weighted by atomic mass is 9.80. The minimum Gasteiger partial charge on any atom is -0.326 e. The summed E-state index contributed by atoms with van der Waals surface area (Å²) in [4.78, 5) is 4.84. The smallest absolute Gasteiger partial charge is 0.0296 e. The number of rotatable bonds is 8. The molecule has 18 heavy (non-hydrogen) atoms. The molecule has 0 heterocycles. The summed E-state index contributed by atoms with van der Waals surface area (Å²) in [6, 6.07) is 0.723. The van der Waals surface area contributed by atoms with Crippen molar-refractivity contribution in [3.05, 3.63) is 0 Å². The van der Waals surface area contributed by atoms with E-state index in [0.29, 0.717) is 6.04 Å². The summed E-state index contributed by atoms with van der Waals surface area (Å²) in [6.07, 6.45) is 2.24. The second kappa shape index (κ2) is 8.13. The highest BCUT2D eigenvalue weighted by Crippen LogP contribution is 2.27. The zero-order valence-electron chi connectivity index (χ0n) is 13.7. The van der Waals surface area contributed by atoms with Crippen molar-refractivity contribution in [3.63, 3.8) is 0 Å². The van der Waals surface area contributed by atoms with Gasteiger partial charge in [0.2, 0.25) is 0 Å². The average Bonchev–Trinajstić information content (AvgIpc) is 2.23. The Morgan fingerprint density at radius 3 is 1.89 bits per heavy atom. The van der Waals surface area contributed by atoms with E-state index < -0.39 is 0 Å². The van der Waals surface area contributed by atoms with Crippen LogP contribution in [0.15, 0.2) is 0 Å². The molecule has 0 aliphatic carbocycles. The van der Waals surface area contributed by atoms with Crippen molar-refractivity contribution in [1.29, 1.82) is 0 Å². The summed E-state index contributed by atoms with van der Waals surface area (Å²) in [6.45, 7) is 14.7. The van der Waals surface area contributed by atoms with Gasteiger partial charge in [0.05, 0.1) is 0 Å². The molecule has 0 spiro atoms. The Kier molecular flexibility index (Phi) is 8.08. The van der Waals surface area contributed by atoms with Crippen LogP contribution >= 0.6 is 0 Å². The molecule has 0 aromatic heterocycles.